The summed E-state index contributed by atoms with van der Waals surface area (Å²) in [4.78, 5) is 12.1. The predicted octanol–water partition coefficient (Wildman–Crippen LogP) is 2.60. The third kappa shape index (κ3) is 2.87. The highest BCUT2D eigenvalue weighted by Crippen LogP contribution is 2.26. The molecular weight excluding hydrogens is 270 g/mol. The minimum atomic E-state index is 0.107. The van der Waals surface area contributed by atoms with Crippen LogP contribution in [-0.2, 0) is 10.2 Å². The number of carbonyl (C=O) groups is 1. The lowest BCUT2D eigenvalue weighted by Gasteiger charge is -2.24. The monoisotopic (exact) mass is 295 g/mol. The van der Waals surface area contributed by atoms with Crippen molar-refractivity contribution in [2.75, 3.05) is 0 Å². The summed E-state index contributed by atoms with van der Waals surface area (Å²) in [6.45, 7) is 10.6. The van der Waals surface area contributed by atoms with Crippen LogP contribution in [0.5, 0.6) is 0 Å². The summed E-state index contributed by atoms with van der Waals surface area (Å²) < 4.78 is 0. The van der Waals surface area contributed by atoms with Crippen LogP contribution in [0.15, 0.2) is 30.5 Å². The minimum absolute atomic E-state index is 0.107. The van der Waals surface area contributed by atoms with Crippen LogP contribution in [0.1, 0.15) is 45.6 Å². The fraction of sp³-hybridized carbons (Fsp3) is 0.450. The van der Waals surface area contributed by atoms with Crippen molar-refractivity contribution in [3.63, 3.8) is 0 Å². The van der Waals surface area contributed by atoms with Crippen LogP contribution in [0.2, 0.25) is 0 Å². The van der Waals surface area contributed by atoms with Crippen molar-refractivity contribution in [2.45, 2.75) is 45.4 Å². The number of amides is 1. The first-order valence-corrected chi connectivity index (χ1v) is 8.16. The number of hydrogen-bond acceptors (Lipinski definition) is 1. The van der Waals surface area contributed by atoms with Gasteiger partial charge in [-0.15, -0.1) is 0 Å². The Morgan fingerprint density at radius 3 is 2.73 bits per heavy atom. The molecule has 1 amide bonds. The molecule has 0 saturated carbocycles. The highest BCUT2D eigenvalue weighted by atomic mass is 16.1. The van der Waals surface area contributed by atoms with Gasteiger partial charge in [0.2, 0.25) is 5.91 Å². The third-order valence-corrected chi connectivity index (χ3v) is 4.74. The lowest BCUT2D eigenvalue weighted by Crippen LogP contribution is -2.35. The van der Waals surface area contributed by atoms with Gasteiger partial charge in [0.1, 0.15) is 0 Å². The lowest BCUT2D eigenvalue weighted by atomic mass is 9.85. The SMILES string of the molecule is C=C1CCC(CC2C=c3cccc(C(C)(C)C)c3=C2)C(=O)N1. The molecule has 2 nitrogen and oxygen atoms in total. The van der Waals surface area contributed by atoms with E-state index in [0.29, 0.717) is 5.92 Å². The molecule has 3 rings (SSSR count). The number of fused-ring (bicyclic) bond motifs is 1. The summed E-state index contributed by atoms with van der Waals surface area (Å²) >= 11 is 0. The zero-order valence-corrected chi connectivity index (χ0v) is 13.8. The Kier molecular flexibility index (Phi) is 3.72. The second-order valence-corrected chi connectivity index (χ2v) is 7.62. The number of benzene rings is 1. The Morgan fingerprint density at radius 1 is 1.27 bits per heavy atom. The number of nitrogens with one attached hydrogen (secondary N) is 1. The predicted molar refractivity (Wildman–Crippen MR) is 91.4 cm³/mol. The Balaban J connectivity index is 1.85. The molecule has 116 valence electrons. The Hall–Kier alpha value is -1.83. The molecule has 1 aromatic carbocycles. The number of carbonyl (C=O) groups excluding carboxylic acids is 1. The van der Waals surface area contributed by atoms with E-state index in [4.69, 9.17) is 0 Å². The van der Waals surface area contributed by atoms with Crippen molar-refractivity contribution in [1.82, 2.24) is 5.32 Å². The van der Waals surface area contributed by atoms with Crippen LogP contribution in [0.3, 0.4) is 0 Å². The molecule has 2 heteroatoms. The Morgan fingerprint density at radius 2 is 2.05 bits per heavy atom. The highest BCUT2D eigenvalue weighted by molar-refractivity contribution is 5.81. The van der Waals surface area contributed by atoms with Crippen molar-refractivity contribution in [2.24, 2.45) is 11.8 Å². The van der Waals surface area contributed by atoms with Gasteiger partial charge in [-0.2, -0.15) is 0 Å². The van der Waals surface area contributed by atoms with E-state index in [0.717, 1.165) is 25.0 Å². The molecule has 1 saturated heterocycles. The molecule has 1 heterocycles. The Bertz CT molecular complexity index is 736. The summed E-state index contributed by atoms with van der Waals surface area (Å²) in [5.74, 6) is 0.612. The van der Waals surface area contributed by atoms with Crippen molar-refractivity contribution in [3.05, 3.63) is 46.5 Å². The van der Waals surface area contributed by atoms with E-state index in [-0.39, 0.29) is 17.2 Å². The van der Waals surface area contributed by atoms with Gasteiger partial charge in [-0.1, -0.05) is 57.7 Å². The van der Waals surface area contributed by atoms with E-state index in [1.165, 1.54) is 16.0 Å². The molecule has 0 aromatic heterocycles. The van der Waals surface area contributed by atoms with E-state index in [1.54, 1.807) is 0 Å². The fourth-order valence-corrected chi connectivity index (χ4v) is 3.57. The van der Waals surface area contributed by atoms with E-state index < -0.39 is 0 Å². The van der Waals surface area contributed by atoms with Gasteiger partial charge in [-0.05, 0) is 46.6 Å². The lowest BCUT2D eigenvalue weighted by molar-refractivity contribution is -0.125. The summed E-state index contributed by atoms with van der Waals surface area (Å²) in [6.07, 6.45) is 7.40. The summed E-state index contributed by atoms with van der Waals surface area (Å²) in [5.41, 5.74) is 2.40. The van der Waals surface area contributed by atoms with Gasteiger partial charge in [0.15, 0.2) is 0 Å². The normalized spacial score (nSPS) is 24.3. The maximum atomic E-state index is 12.1. The average molecular weight is 295 g/mol. The largest absolute Gasteiger partial charge is 0.330 e. The van der Waals surface area contributed by atoms with Crippen LogP contribution in [0, 0.1) is 11.8 Å². The molecule has 1 N–H and O–H groups in total. The molecule has 2 unspecified atom stereocenters. The minimum Gasteiger partial charge on any atom is -0.330 e. The summed E-state index contributed by atoms with van der Waals surface area (Å²) in [5, 5.41) is 5.58. The number of hydrogen-bond donors (Lipinski definition) is 1. The second kappa shape index (κ2) is 5.42. The van der Waals surface area contributed by atoms with Crippen LogP contribution in [0.25, 0.3) is 12.2 Å². The zero-order chi connectivity index (χ0) is 15.9. The molecule has 1 aliphatic carbocycles. The Labute approximate surface area is 132 Å². The molecular formula is C20H25NO. The van der Waals surface area contributed by atoms with Gasteiger partial charge in [0.25, 0.3) is 0 Å². The van der Waals surface area contributed by atoms with Gasteiger partial charge in [-0.3, -0.25) is 4.79 Å². The number of allylic oxidation sites excluding steroid dienone is 1. The van der Waals surface area contributed by atoms with E-state index >= 15 is 0 Å². The molecule has 0 radical (unpaired) electrons. The van der Waals surface area contributed by atoms with Crippen LogP contribution >= 0.6 is 0 Å². The second-order valence-electron chi connectivity index (χ2n) is 7.62. The number of piperidine rings is 1. The first-order chi connectivity index (χ1) is 10.3. The molecule has 2 atom stereocenters. The van der Waals surface area contributed by atoms with Gasteiger partial charge < -0.3 is 5.32 Å². The molecule has 1 aliphatic heterocycles. The fourth-order valence-electron chi connectivity index (χ4n) is 3.57. The van der Waals surface area contributed by atoms with Gasteiger partial charge in [0.05, 0.1) is 0 Å². The highest BCUT2D eigenvalue weighted by Gasteiger charge is 2.27. The molecule has 2 aliphatic rings. The molecule has 0 bridgehead atoms. The third-order valence-electron chi connectivity index (χ3n) is 4.74. The van der Waals surface area contributed by atoms with Crippen LogP contribution in [0.4, 0.5) is 0 Å². The van der Waals surface area contributed by atoms with Gasteiger partial charge in [0, 0.05) is 11.6 Å². The smallest absolute Gasteiger partial charge is 0.227 e. The van der Waals surface area contributed by atoms with E-state index in [1.807, 2.05) is 0 Å². The zero-order valence-electron chi connectivity index (χ0n) is 13.8. The van der Waals surface area contributed by atoms with Crippen LogP contribution in [-0.4, -0.2) is 5.91 Å². The number of rotatable bonds is 2. The molecule has 1 aromatic rings. The molecule has 1 fully saturated rings. The van der Waals surface area contributed by atoms with Crippen molar-refractivity contribution in [3.8, 4) is 0 Å². The quantitative estimate of drug-likeness (QED) is 0.893. The first-order valence-electron chi connectivity index (χ1n) is 8.16. The van der Waals surface area contributed by atoms with Gasteiger partial charge in [-0.25, -0.2) is 0 Å². The van der Waals surface area contributed by atoms with Crippen molar-refractivity contribution < 1.29 is 4.79 Å². The summed E-state index contributed by atoms with van der Waals surface area (Å²) in [7, 11) is 0. The van der Waals surface area contributed by atoms with Crippen molar-refractivity contribution >= 4 is 18.1 Å². The topological polar surface area (TPSA) is 29.1 Å². The molecule has 0 spiro atoms. The summed E-state index contributed by atoms with van der Waals surface area (Å²) in [6, 6.07) is 6.55. The standard InChI is InChI=1S/C20H25NO/c1-13-8-9-16(19(22)21-13)11-14-10-15-6-5-7-18(17(15)12-14)20(2,3)4/h5-7,10,12,14,16H,1,8-9,11H2,2-4H3,(H,21,22). The molecule has 22 heavy (non-hydrogen) atoms. The van der Waals surface area contributed by atoms with Gasteiger partial charge >= 0.3 is 0 Å². The van der Waals surface area contributed by atoms with E-state index in [2.05, 4.69) is 63.0 Å². The van der Waals surface area contributed by atoms with Crippen LogP contribution < -0.4 is 15.8 Å². The maximum Gasteiger partial charge on any atom is 0.227 e. The van der Waals surface area contributed by atoms with E-state index in [9.17, 15) is 4.79 Å². The van der Waals surface area contributed by atoms with Crippen molar-refractivity contribution in [1.29, 1.82) is 0 Å². The average Bonchev–Trinajstić information content (AvgIpc) is 2.83. The maximum absolute atomic E-state index is 12.1. The first kappa shape index (κ1) is 15.1.